The largest absolute Gasteiger partial charge is 0.756 e. The lowest BCUT2D eigenvalue weighted by atomic mass is 10.0. The number of aliphatic hydroxyl groups excluding tert-OH is 1. The Morgan fingerprint density at radius 1 is 0.642 bits per heavy atom. The fourth-order valence-electron chi connectivity index (χ4n) is 6.32. The first-order chi connectivity index (χ1) is 25.5. The smallest absolute Gasteiger partial charge is 0.268 e. The van der Waals surface area contributed by atoms with Crippen LogP contribution in [0.2, 0.25) is 0 Å². The minimum absolute atomic E-state index is 0.00155. The van der Waals surface area contributed by atoms with E-state index >= 15 is 0 Å². The highest BCUT2D eigenvalue weighted by Crippen LogP contribution is 2.38. The summed E-state index contributed by atoms with van der Waals surface area (Å²) in [5.41, 5.74) is 0. The molecule has 8 nitrogen and oxygen atoms in total. The van der Waals surface area contributed by atoms with Crippen molar-refractivity contribution in [3.63, 3.8) is 0 Å². The molecule has 0 bridgehead atoms. The van der Waals surface area contributed by atoms with Crippen LogP contribution in [0.15, 0.2) is 24.3 Å². The Hall–Kier alpha value is -1.02. The fraction of sp³-hybridized carbons (Fsp3) is 0.886. The number of unbranched alkanes of at least 4 members (excludes halogenated alkanes) is 25. The summed E-state index contributed by atoms with van der Waals surface area (Å²) >= 11 is 0. The summed E-state index contributed by atoms with van der Waals surface area (Å²) in [6.45, 7) is 4.63. The summed E-state index contributed by atoms with van der Waals surface area (Å²) in [7, 11) is 1.26. The van der Waals surface area contributed by atoms with Gasteiger partial charge in [0.15, 0.2) is 0 Å². The van der Waals surface area contributed by atoms with Gasteiger partial charge >= 0.3 is 0 Å². The number of phosphoric ester groups is 1. The van der Waals surface area contributed by atoms with Crippen LogP contribution in [-0.4, -0.2) is 68.5 Å². The molecule has 0 heterocycles. The molecule has 0 rings (SSSR count). The van der Waals surface area contributed by atoms with E-state index in [1.165, 1.54) is 128 Å². The van der Waals surface area contributed by atoms with Crippen molar-refractivity contribution >= 4 is 13.7 Å². The molecule has 0 aromatic rings. The molecular weight excluding hydrogens is 683 g/mol. The van der Waals surface area contributed by atoms with Gasteiger partial charge in [0.1, 0.15) is 13.2 Å². The zero-order valence-electron chi connectivity index (χ0n) is 35.5. The van der Waals surface area contributed by atoms with Gasteiger partial charge in [0, 0.05) is 6.42 Å². The molecule has 3 atom stereocenters. The van der Waals surface area contributed by atoms with Gasteiger partial charge in [0.05, 0.1) is 39.9 Å². The van der Waals surface area contributed by atoms with Gasteiger partial charge in [-0.25, -0.2) is 0 Å². The number of nitrogens with one attached hydrogen (secondary N) is 1. The molecule has 0 saturated carbocycles. The van der Waals surface area contributed by atoms with Gasteiger partial charge in [-0.1, -0.05) is 173 Å². The lowest BCUT2D eigenvalue weighted by molar-refractivity contribution is -0.870. The molecule has 3 unspecified atom stereocenters. The molecule has 314 valence electrons. The predicted molar refractivity (Wildman–Crippen MR) is 224 cm³/mol. The molecule has 0 fully saturated rings. The SMILES string of the molecule is CCCCCCCC/C=C\CCCCCCCC(=O)NC(COP(=O)([O-])OCC[N+](C)(C)C)C(O)/C=C/CCCCCCCCCCCCCCCC. The van der Waals surface area contributed by atoms with Crippen molar-refractivity contribution in [1.29, 1.82) is 0 Å². The number of phosphoric acid groups is 1. The number of allylic oxidation sites excluding steroid dienone is 3. The Labute approximate surface area is 328 Å². The highest BCUT2D eigenvalue weighted by atomic mass is 31.2. The second kappa shape index (κ2) is 36.6. The van der Waals surface area contributed by atoms with E-state index in [1.807, 2.05) is 27.2 Å². The van der Waals surface area contributed by atoms with Crippen molar-refractivity contribution in [2.75, 3.05) is 40.9 Å². The molecular formula is C44H87N2O6P. The summed E-state index contributed by atoms with van der Waals surface area (Å²) in [4.78, 5) is 25.3. The van der Waals surface area contributed by atoms with Gasteiger partial charge in [-0.3, -0.25) is 9.36 Å². The maximum Gasteiger partial charge on any atom is 0.268 e. The molecule has 0 spiro atoms. The average Bonchev–Trinajstić information content (AvgIpc) is 3.10. The molecule has 0 aromatic heterocycles. The number of rotatable bonds is 40. The van der Waals surface area contributed by atoms with E-state index in [4.69, 9.17) is 9.05 Å². The van der Waals surface area contributed by atoms with Crippen LogP contribution in [0.25, 0.3) is 0 Å². The number of hydrogen-bond donors (Lipinski definition) is 2. The first kappa shape index (κ1) is 52.0. The Kier molecular flexibility index (Phi) is 35.9. The number of carbonyl (C=O) groups excluding carboxylic acids is 1. The minimum Gasteiger partial charge on any atom is -0.756 e. The van der Waals surface area contributed by atoms with Crippen molar-refractivity contribution < 1.29 is 32.9 Å². The van der Waals surface area contributed by atoms with Crippen LogP contribution in [0.4, 0.5) is 0 Å². The van der Waals surface area contributed by atoms with Crippen LogP contribution in [0.3, 0.4) is 0 Å². The number of carbonyl (C=O) groups is 1. The summed E-state index contributed by atoms with van der Waals surface area (Å²) in [5.74, 6) is -0.206. The van der Waals surface area contributed by atoms with Crippen molar-refractivity contribution in [2.45, 2.75) is 212 Å². The summed E-state index contributed by atoms with van der Waals surface area (Å²) < 4.78 is 23.2. The van der Waals surface area contributed by atoms with Crippen LogP contribution < -0.4 is 10.2 Å². The molecule has 9 heteroatoms. The Balaban J connectivity index is 4.45. The second-order valence-electron chi connectivity index (χ2n) is 16.4. The molecule has 0 aliphatic heterocycles. The molecule has 53 heavy (non-hydrogen) atoms. The maximum atomic E-state index is 12.8. The van der Waals surface area contributed by atoms with Crippen molar-refractivity contribution in [1.82, 2.24) is 5.32 Å². The maximum absolute atomic E-state index is 12.8. The second-order valence-corrected chi connectivity index (χ2v) is 17.8. The summed E-state index contributed by atoms with van der Waals surface area (Å²) in [6, 6.07) is -0.887. The van der Waals surface area contributed by atoms with E-state index in [0.29, 0.717) is 17.4 Å². The third-order valence-electron chi connectivity index (χ3n) is 9.91. The van der Waals surface area contributed by atoms with Crippen LogP contribution >= 0.6 is 7.82 Å². The lowest BCUT2D eigenvalue weighted by Crippen LogP contribution is -2.45. The standard InChI is InChI=1S/C44H87N2O6P/c1-6-8-10-12-14-16-18-20-22-24-25-27-29-31-33-35-37-43(47)42(41-52-53(49,50)51-40-39-46(3,4)5)45-44(48)38-36-34-32-30-28-26-23-21-19-17-15-13-11-9-7-2/h21,23,35,37,42-43,47H,6-20,22,24-34,36,38-41H2,1-5H3,(H-,45,48,49,50)/b23-21-,37-35+. The van der Waals surface area contributed by atoms with Gasteiger partial charge in [-0.05, 0) is 44.9 Å². The molecule has 0 aliphatic carbocycles. The number of hydrogen-bond acceptors (Lipinski definition) is 6. The van der Waals surface area contributed by atoms with E-state index in [-0.39, 0.29) is 19.1 Å². The molecule has 0 radical (unpaired) electrons. The highest BCUT2D eigenvalue weighted by Gasteiger charge is 2.23. The van der Waals surface area contributed by atoms with Crippen LogP contribution in [0, 0.1) is 0 Å². The monoisotopic (exact) mass is 771 g/mol. The van der Waals surface area contributed by atoms with Crippen molar-refractivity contribution in [3.05, 3.63) is 24.3 Å². The molecule has 0 aromatic carbocycles. The van der Waals surface area contributed by atoms with Crippen LogP contribution in [0.1, 0.15) is 200 Å². The van der Waals surface area contributed by atoms with E-state index in [0.717, 1.165) is 51.4 Å². The number of amides is 1. The molecule has 1 amide bonds. The topological polar surface area (TPSA) is 108 Å². The Morgan fingerprint density at radius 2 is 1.04 bits per heavy atom. The third kappa shape index (κ3) is 39.0. The summed E-state index contributed by atoms with van der Waals surface area (Å²) in [6.07, 6.45) is 42.1. The quantitative estimate of drug-likeness (QED) is 0.0278. The average molecular weight is 771 g/mol. The first-order valence-electron chi connectivity index (χ1n) is 22.2. The van der Waals surface area contributed by atoms with Crippen molar-refractivity contribution in [2.24, 2.45) is 0 Å². The lowest BCUT2D eigenvalue weighted by Gasteiger charge is -2.29. The Morgan fingerprint density at radius 3 is 1.47 bits per heavy atom. The van der Waals surface area contributed by atoms with Crippen molar-refractivity contribution in [3.8, 4) is 0 Å². The summed E-state index contributed by atoms with van der Waals surface area (Å²) in [5, 5.41) is 13.8. The molecule has 0 saturated heterocycles. The van der Waals surface area contributed by atoms with Gasteiger partial charge in [-0.15, -0.1) is 0 Å². The number of likely N-dealkylation sites (N-methyl/N-ethyl adjacent to an activating group) is 1. The Bertz CT molecular complexity index is 922. The van der Waals surface area contributed by atoms with E-state index < -0.39 is 20.0 Å². The van der Waals surface area contributed by atoms with E-state index in [9.17, 15) is 19.4 Å². The molecule has 2 N–H and O–H groups in total. The first-order valence-corrected chi connectivity index (χ1v) is 23.7. The normalized spacial score (nSPS) is 14.6. The zero-order chi connectivity index (χ0) is 39.3. The number of nitrogens with zero attached hydrogens (tertiary/aromatic N) is 1. The minimum atomic E-state index is -4.58. The van der Waals surface area contributed by atoms with Crippen LogP contribution in [-0.2, 0) is 18.4 Å². The highest BCUT2D eigenvalue weighted by molar-refractivity contribution is 7.45. The number of aliphatic hydroxyl groups is 1. The molecule has 0 aliphatic rings. The fourth-order valence-corrected chi connectivity index (χ4v) is 7.05. The van der Waals surface area contributed by atoms with E-state index in [1.54, 1.807) is 6.08 Å². The third-order valence-corrected chi connectivity index (χ3v) is 10.9. The van der Waals surface area contributed by atoms with Gasteiger partial charge in [0.25, 0.3) is 7.82 Å². The van der Waals surface area contributed by atoms with E-state index in [2.05, 4.69) is 31.3 Å². The predicted octanol–water partition coefficient (Wildman–Crippen LogP) is 11.5. The van der Waals surface area contributed by atoms with Gasteiger partial charge in [0.2, 0.25) is 5.91 Å². The van der Waals surface area contributed by atoms with Gasteiger partial charge < -0.3 is 28.8 Å². The number of quaternary nitrogens is 1. The zero-order valence-corrected chi connectivity index (χ0v) is 36.4. The van der Waals surface area contributed by atoms with Gasteiger partial charge in [-0.2, -0.15) is 0 Å². The van der Waals surface area contributed by atoms with Crippen LogP contribution in [0.5, 0.6) is 0 Å².